The van der Waals surface area contributed by atoms with Gasteiger partial charge in [-0.3, -0.25) is 4.79 Å². The van der Waals surface area contributed by atoms with Crippen molar-refractivity contribution in [3.8, 4) is 0 Å². The molecule has 1 aromatic heterocycles. The number of halogens is 2. The van der Waals surface area contributed by atoms with E-state index in [1.54, 1.807) is 19.6 Å². The summed E-state index contributed by atoms with van der Waals surface area (Å²) < 4.78 is 28.1. The molecule has 2 aromatic rings. The van der Waals surface area contributed by atoms with Crippen molar-refractivity contribution in [2.45, 2.75) is 26.4 Å². The molecule has 0 fully saturated rings. The fraction of sp³-hybridized carbons (Fsp3) is 0.333. The second-order valence-electron chi connectivity index (χ2n) is 5.24. The summed E-state index contributed by atoms with van der Waals surface area (Å²) in [5, 5.41) is 0. The number of imidazole rings is 1. The van der Waals surface area contributed by atoms with E-state index in [9.17, 15) is 13.6 Å². The molecular weight excluding hydrogens is 276 g/mol. The minimum atomic E-state index is -0.657. The zero-order valence-electron chi connectivity index (χ0n) is 12.2. The standard InChI is InChI=1S/C15H17F2N3O/c1-10(2)20-8-14(18-9-20)15(21)19(3)7-11-4-12(16)6-13(17)5-11/h4-6,8-10H,7H2,1-3H3. The highest BCUT2D eigenvalue weighted by Crippen LogP contribution is 2.12. The van der Waals surface area contributed by atoms with Crippen LogP contribution in [0.4, 0.5) is 8.78 Å². The van der Waals surface area contributed by atoms with Crippen LogP contribution in [0.5, 0.6) is 0 Å². The lowest BCUT2D eigenvalue weighted by Gasteiger charge is -2.16. The normalized spacial score (nSPS) is 11.0. The van der Waals surface area contributed by atoms with E-state index in [1.807, 2.05) is 18.4 Å². The van der Waals surface area contributed by atoms with Gasteiger partial charge in [0.1, 0.15) is 17.3 Å². The van der Waals surface area contributed by atoms with E-state index in [2.05, 4.69) is 4.98 Å². The van der Waals surface area contributed by atoms with Gasteiger partial charge < -0.3 is 9.47 Å². The molecule has 0 saturated carbocycles. The Hall–Kier alpha value is -2.24. The zero-order chi connectivity index (χ0) is 15.6. The molecule has 0 aliphatic rings. The van der Waals surface area contributed by atoms with Crippen LogP contribution in [0.1, 0.15) is 35.9 Å². The van der Waals surface area contributed by atoms with Gasteiger partial charge in [-0.05, 0) is 31.5 Å². The van der Waals surface area contributed by atoms with Crippen molar-refractivity contribution >= 4 is 5.91 Å². The molecule has 1 heterocycles. The second-order valence-corrected chi connectivity index (χ2v) is 5.24. The summed E-state index contributed by atoms with van der Waals surface area (Å²) in [7, 11) is 1.57. The Morgan fingerprint density at radius 1 is 1.29 bits per heavy atom. The minimum Gasteiger partial charge on any atom is -0.336 e. The van der Waals surface area contributed by atoms with Crippen molar-refractivity contribution in [2.24, 2.45) is 0 Å². The molecule has 21 heavy (non-hydrogen) atoms. The molecule has 0 N–H and O–H groups in total. The van der Waals surface area contributed by atoms with E-state index in [1.165, 1.54) is 17.0 Å². The molecule has 0 atom stereocenters. The SMILES string of the molecule is CC(C)n1cnc(C(=O)N(C)Cc2cc(F)cc(F)c2)c1. The third-order valence-electron chi connectivity index (χ3n) is 3.11. The maximum Gasteiger partial charge on any atom is 0.274 e. The summed E-state index contributed by atoms with van der Waals surface area (Å²) in [6, 6.07) is 3.43. The van der Waals surface area contributed by atoms with Gasteiger partial charge in [-0.15, -0.1) is 0 Å². The average molecular weight is 293 g/mol. The van der Waals surface area contributed by atoms with Crippen molar-refractivity contribution in [3.05, 3.63) is 53.6 Å². The Morgan fingerprint density at radius 2 is 1.90 bits per heavy atom. The Balaban J connectivity index is 2.11. The van der Waals surface area contributed by atoms with Crippen LogP contribution in [0.3, 0.4) is 0 Å². The number of hydrogen-bond donors (Lipinski definition) is 0. The van der Waals surface area contributed by atoms with Crippen molar-refractivity contribution in [3.63, 3.8) is 0 Å². The molecule has 0 aliphatic carbocycles. The first-order chi connectivity index (χ1) is 9.86. The molecule has 0 bridgehead atoms. The number of nitrogens with zero attached hydrogens (tertiary/aromatic N) is 3. The molecular formula is C15H17F2N3O. The van der Waals surface area contributed by atoms with Gasteiger partial charge >= 0.3 is 0 Å². The third-order valence-corrected chi connectivity index (χ3v) is 3.11. The number of amides is 1. The summed E-state index contributed by atoms with van der Waals surface area (Å²) in [4.78, 5) is 17.7. The minimum absolute atomic E-state index is 0.113. The number of aromatic nitrogens is 2. The monoisotopic (exact) mass is 293 g/mol. The molecule has 0 spiro atoms. The van der Waals surface area contributed by atoms with Gasteiger partial charge in [0.25, 0.3) is 5.91 Å². The highest BCUT2D eigenvalue weighted by Gasteiger charge is 2.16. The van der Waals surface area contributed by atoms with E-state index < -0.39 is 11.6 Å². The van der Waals surface area contributed by atoms with Crippen LogP contribution >= 0.6 is 0 Å². The molecule has 4 nitrogen and oxygen atoms in total. The van der Waals surface area contributed by atoms with Crippen LogP contribution in [0.15, 0.2) is 30.7 Å². The Bertz CT molecular complexity index is 632. The van der Waals surface area contributed by atoms with Gasteiger partial charge in [0.2, 0.25) is 0 Å². The lowest BCUT2D eigenvalue weighted by Crippen LogP contribution is -2.26. The van der Waals surface area contributed by atoms with Crippen LogP contribution in [-0.2, 0) is 6.54 Å². The number of carbonyl (C=O) groups excluding carboxylic acids is 1. The lowest BCUT2D eigenvalue weighted by molar-refractivity contribution is 0.0779. The molecule has 1 aromatic carbocycles. The van der Waals surface area contributed by atoms with Crippen molar-refractivity contribution in [1.29, 1.82) is 0 Å². The van der Waals surface area contributed by atoms with E-state index >= 15 is 0 Å². The Kier molecular flexibility index (Phi) is 4.35. The summed E-state index contributed by atoms with van der Waals surface area (Å²) in [5.41, 5.74) is 0.703. The van der Waals surface area contributed by atoms with E-state index in [-0.39, 0.29) is 18.5 Å². The summed E-state index contributed by atoms with van der Waals surface area (Å²) in [6.07, 6.45) is 3.25. The van der Waals surface area contributed by atoms with E-state index in [0.717, 1.165) is 6.07 Å². The fourth-order valence-electron chi connectivity index (χ4n) is 1.97. The molecule has 6 heteroatoms. The maximum atomic E-state index is 13.1. The number of benzene rings is 1. The predicted molar refractivity (Wildman–Crippen MR) is 74.8 cm³/mol. The molecule has 0 unspecified atom stereocenters. The summed E-state index contributed by atoms with van der Waals surface area (Å²) in [6.45, 7) is 4.08. The quantitative estimate of drug-likeness (QED) is 0.869. The fourth-order valence-corrected chi connectivity index (χ4v) is 1.97. The highest BCUT2D eigenvalue weighted by atomic mass is 19.1. The van der Waals surface area contributed by atoms with Crippen LogP contribution < -0.4 is 0 Å². The molecule has 1 amide bonds. The molecule has 2 rings (SSSR count). The molecule has 0 saturated heterocycles. The molecule has 112 valence electrons. The van der Waals surface area contributed by atoms with Crippen LogP contribution in [-0.4, -0.2) is 27.4 Å². The largest absolute Gasteiger partial charge is 0.336 e. The molecule has 0 aliphatic heterocycles. The second kappa shape index (κ2) is 6.03. The van der Waals surface area contributed by atoms with Crippen LogP contribution in [0, 0.1) is 11.6 Å². The van der Waals surface area contributed by atoms with Gasteiger partial charge in [0.15, 0.2) is 0 Å². The first-order valence-electron chi connectivity index (χ1n) is 6.60. The van der Waals surface area contributed by atoms with E-state index in [4.69, 9.17) is 0 Å². The van der Waals surface area contributed by atoms with Gasteiger partial charge in [0.05, 0.1) is 6.33 Å². The van der Waals surface area contributed by atoms with Crippen LogP contribution in [0.25, 0.3) is 0 Å². The number of rotatable bonds is 4. The smallest absolute Gasteiger partial charge is 0.274 e. The van der Waals surface area contributed by atoms with Gasteiger partial charge in [-0.25, -0.2) is 13.8 Å². The van der Waals surface area contributed by atoms with Gasteiger partial charge in [-0.1, -0.05) is 0 Å². The Morgan fingerprint density at radius 3 is 2.43 bits per heavy atom. The van der Waals surface area contributed by atoms with Crippen LogP contribution in [0.2, 0.25) is 0 Å². The van der Waals surface area contributed by atoms with Gasteiger partial charge in [-0.2, -0.15) is 0 Å². The highest BCUT2D eigenvalue weighted by molar-refractivity contribution is 5.91. The first kappa shape index (κ1) is 15.2. The molecule has 0 radical (unpaired) electrons. The number of carbonyl (C=O) groups is 1. The average Bonchev–Trinajstić information content (AvgIpc) is 2.86. The maximum absolute atomic E-state index is 13.1. The topological polar surface area (TPSA) is 38.1 Å². The first-order valence-corrected chi connectivity index (χ1v) is 6.60. The Labute approximate surface area is 122 Å². The zero-order valence-corrected chi connectivity index (χ0v) is 12.2. The third kappa shape index (κ3) is 3.65. The lowest BCUT2D eigenvalue weighted by atomic mass is 10.2. The van der Waals surface area contributed by atoms with Crippen molar-refractivity contribution < 1.29 is 13.6 Å². The van der Waals surface area contributed by atoms with Gasteiger partial charge in [0, 0.05) is 31.9 Å². The van der Waals surface area contributed by atoms with E-state index in [0.29, 0.717) is 11.3 Å². The summed E-state index contributed by atoms with van der Waals surface area (Å²) >= 11 is 0. The van der Waals surface area contributed by atoms with Crippen molar-refractivity contribution in [2.75, 3.05) is 7.05 Å². The summed E-state index contributed by atoms with van der Waals surface area (Å²) in [5.74, 6) is -1.61. The predicted octanol–water partition coefficient (Wildman–Crippen LogP) is 3.01. The number of hydrogen-bond acceptors (Lipinski definition) is 2. The van der Waals surface area contributed by atoms with Crippen molar-refractivity contribution in [1.82, 2.24) is 14.5 Å².